The molecule has 2 heterocycles. The van der Waals surface area contributed by atoms with Crippen molar-refractivity contribution in [3.05, 3.63) is 18.0 Å². The third-order valence-corrected chi connectivity index (χ3v) is 3.71. The Bertz CT molecular complexity index is 540. The fraction of sp³-hybridized carbons (Fsp3) is 0.538. The van der Waals surface area contributed by atoms with Gasteiger partial charge in [0.1, 0.15) is 0 Å². The zero-order valence-corrected chi connectivity index (χ0v) is 10.4. The molecule has 1 aliphatic rings. The topological polar surface area (TPSA) is 42.7 Å². The number of hydrogen-bond acceptors (Lipinski definition) is 3. The zero-order chi connectivity index (χ0) is 11.8. The normalized spacial score (nSPS) is 16.1. The van der Waals surface area contributed by atoms with Crippen molar-refractivity contribution < 1.29 is 0 Å². The number of rotatable bonds is 3. The van der Waals surface area contributed by atoms with E-state index in [4.69, 9.17) is 0 Å². The SMILES string of the molecule is Cc1nn(C)c2nccc(NCC3CCC3)c12. The monoisotopic (exact) mass is 230 g/mol. The summed E-state index contributed by atoms with van der Waals surface area (Å²) in [7, 11) is 1.94. The second-order valence-corrected chi connectivity index (χ2v) is 4.94. The summed E-state index contributed by atoms with van der Waals surface area (Å²) in [4.78, 5) is 4.38. The molecule has 1 N–H and O–H groups in total. The van der Waals surface area contributed by atoms with E-state index in [-0.39, 0.29) is 0 Å². The fourth-order valence-electron chi connectivity index (χ4n) is 2.47. The van der Waals surface area contributed by atoms with Gasteiger partial charge in [0.15, 0.2) is 5.65 Å². The first kappa shape index (κ1) is 10.6. The van der Waals surface area contributed by atoms with Gasteiger partial charge in [0.2, 0.25) is 0 Å². The summed E-state index contributed by atoms with van der Waals surface area (Å²) in [5, 5.41) is 9.14. The number of anilines is 1. The minimum Gasteiger partial charge on any atom is -0.384 e. The Balaban J connectivity index is 1.92. The summed E-state index contributed by atoms with van der Waals surface area (Å²) in [5.41, 5.74) is 3.18. The van der Waals surface area contributed by atoms with Crippen molar-refractivity contribution in [1.29, 1.82) is 0 Å². The number of fused-ring (bicyclic) bond motifs is 1. The van der Waals surface area contributed by atoms with Crippen molar-refractivity contribution in [3.8, 4) is 0 Å². The van der Waals surface area contributed by atoms with Crippen LogP contribution in [0.15, 0.2) is 12.3 Å². The molecule has 4 heteroatoms. The van der Waals surface area contributed by atoms with Crippen LogP contribution in [0.4, 0.5) is 5.69 Å². The summed E-state index contributed by atoms with van der Waals surface area (Å²) in [6.07, 6.45) is 5.98. The molecule has 0 atom stereocenters. The molecule has 2 aromatic rings. The first-order valence-corrected chi connectivity index (χ1v) is 6.28. The Morgan fingerprint density at radius 1 is 1.47 bits per heavy atom. The van der Waals surface area contributed by atoms with E-state index < -0.39 is 0 Å². The summed E-state index contributed by atoms with van der Waals surface area (Å²) >= 11 is 0. The molecular weight excluding hydrogens is 212 g/mol. The molecule has 0 spiro atoms. The maximum atomic E-state index is 4.43. The van der Waals surface area contributed by atoms with Crippen molar-refractivity contribution in [1.82, 2.24) is 14.8 Å². The predicted octanol–water partition coefficient (Wildman–Crippen LogP) is 2.49. The molecule has 0 bridgehead atoms. The van der Waals surface area contributed by atoms with Crippen LogP contribution in [-0.4, -0.2) is 21.3 Å². The highest BCUT2D eigenvalue weighted by Crippen LogP contribution is 2.29. The van der Waals surface area contributed by atoms with Crippen LogP contribution in [0.2, 0.25) is 0 Å². The van der Waals surface area contributed by atoms with Crippen LogP contribution in [0.3, 0.4) is 0 Å². The molecule has 90 valence electrons. The molecule has 0 aliphatic heterocycles. The molecule has 0 amide bonds. The fourth-order valence-corrected chi connectivity index (χ4v) is 2.47. The quantitative estimate of drug-likeness (QED) is 0.881. The average molecular weight is 230 g/mol. The molecule has 2 aromatic heterocycles. The van der Waals surface area contributed by atoms with E-state index in [0.29, 0.717) is 0 Å². The summed E-state index contributed by atoms with van der Waals surface area (Å²) in [6, 6.07) is 2.05. The van der Waals surface area contributed by atoms with Gasteiger partial charge in [-0.2, -0.15) is 5.10 Å². The third-order valence-electron chi connectivity index (χ3n) is 3.71. The van der Waals surface area contributed by atoms with Gasteiger partial charge in [-0.05, 0) is 31.7 Å². The molecule has 17 heavy (non-hydrogen) atoms. The Morgan fingerprint density at radius 2 is 2.29 bits per heavy atom. The van der Waals surface area contributed by atoms with Gasteiger partial charge in [-0.1, -0.05) is 6.42 Å². The van der Waals surface area contributed by atoms with Crippen LogP contribution in [0.5, 0.6) is 0 Å². The van der Waals surface area contributed by atoms with Gasteiger partial charge in [-0.15, -0.1) is 0 Å². The number of hydrogen-bond donors (Lipinski definition) is 1. The first-order valence-electron chi connectivity index (χ1n) is 6.28. The van der Waals surface area contributed by atoms with Crippen molar-refractivity contribution in [3.63, 3.8) is 0 Å². The van der Waals surface area contributed by atoms with Crippen molar-refractivity contribution in [2.75, 3.05) is 11.9 Å². The minimum atomic E-state index is 0.857. The highest BCUT2D eigenvalue weighted by molar-refractivity contribution is 5.91. The maximum absolute atomic E-state index is 4.43. The largest absolute Gasteiger partial charge is 0.384 e. The van der Waals surface area contributed by atoms with Gasteiger partial charge in [0.25, 0.3) is 0 Å². The molecule has 3 rings (SSSR count). The molecular formula is C13H18N4. The van der Waals surface area contributed by atoms with E-state index in [1.165, 1.54) is 24.9 Å². The molecule has 0 unspecified atom stereocenters. The smallest absolute Gasteiger partial charge is 0.159 e. The van der Waals surface area contributed by atoms with E-state index in [0.717, 1.165) is 29.2 Å². The van der Waals surface area contributed by atoms with Gasteiger partial charge < -0.3 is 5.32 Å². The van der Waals surface area contributed by atoms with E-state index in [2.05, 4.69) is 21.5 Å². The van der Waals surface area contributed by atoms with E-state index >= 15 is 0 Å². The van der Waals surface area contributed by atoms with Crippen LogP contribution < -0.4 is 5.32 Å². The number of aryl methyl sites for hydroxylation is 2. The van der Waals surface area contributed by atoms with Crippen LogP contribution in [0.25, 0.3) is 11.0 Å². The van der Waals surface area contributed by atoms with Crippen LogP contribution >= 0.6 is 0 Å². The lowest BCUT2D eigenvalue weighted by Gasteiger charge is -2.26. The third kappa shape index (κ3) is 1.77. The minimum absolute atomic E-state index is 0.857. The Kier molecular flexibility index (Phi) is 2.50. The maximum Gasteiger partial charge on any atom is 0.159 e. The Hall–Kier alpha value is -1.58. The lowest BCUT2D eigenvalue weighted by Crippen LogP contribution is -2.21. The molecule has 1 saturated carbocycles. The van der Waals surface area contributed by atoms with Gasteiger partial charge >= 0.3 is 0 Å². The van der Waals surface area contributed by atoms with Gasteiger partial charge in [0, 0.05) is 25.5 Å². The number of nitrogens with zero attached hydrogens (tertiary/aromatic N) is 3. The van der Waals surface area contributed by atoms with E-state index in [1.807, 2.05) is 24.9 Å². The average Bonchev–Trinajstić information content (AvgIpc) is 2.54. The molecule has 0 aromatic carbocycles. The summed E-state index contributed by atoms with van der Waals surface area (Å²) in [5.74, 6) is 0.857. The second kappa shape index (κ2) is 4.02. The number of aromatic nitrogens is 3. The molecule has 4 nitrogen and oxygen atoms in total. The van der Waals surface area contributed by atoms with E-state index in [1.54, 1.807) is 0 Å². The predicted molar refractivity (Wildman–Crippen MR) is 69.1 cm³/mol. The number of nitrogens with one attached hydrogen (secondary N) is 1. The van der Waals surface area contributed by atoms with Gasteiger partial charge in [0.05, 0.1) is 11.1 Å². The molecule has 1 fully saturated rings. The van der Waals surface area contributed by atoms with Crippen LogP contribution in [0, 0.1) is 12.8 Å². The lowest BCUT2D eigenvalue weighted by molar-refractivity contribution is 0.333. The molecule has 1 aliphatic carbocycles. The van der Waals surface area contributed by atoms with Crippen LogP contribution in [0.1, 0.15) is 25.0 Å². The zero-order valence-electron chi connectivity index (χ0n) is 10.4. The summed E-state index contributed by atoms with van der Waals surface area (Å²) in [6.45, 7) is 3.12. The standard InChI is InChI=1S/C13H18N4/c1-9-12-11(15-8-10-4-3-5-10)6-7-14-13(12)17(2)16-9/h6-7,10H,3-5,8H2,1-2H3,(H,14,15). The molecule has 0 saturated heterocycles. The summed E-state index contributed by atoms with van der Waals surface area (Å²) < 4.78 is 1.85. The highest BCUT2D eigenvalue weighted by Gasteiger charge is 2.18. The van der Waals surface area contributed by atoms with Crippen molar-refractivity contribution in [2.24, 2.45) is 13.0 Å². The second-order valence-electron chi connectivity index (χ2n) is 4.94. The first-order chi connectivity index (χ1) is 8.25. The molecule has 0 radical (unpaired) electrons. The van der Waals surface area contributed by atoms with Crippen molar-refractivity contribution >= 4 is 16.7 Å². The van der Waals surface area contributed by atoms with Gasteiger partial charge in [-0.3, -0.25) is 4.68 Å². The Labute approximate surface area is 101 Å². The number of pyridine rings is 1. The van der Waals surface area contributed by atoms with Gasteiger partial charge in [-0.25, -0.2) is 4.98 Å². The van der Waals surface area contributed by atoms with Crippen LogP contribution in [-0.2, 0) is 7.05 Å². The lowest BCUT2D eigenvalue weighted by atomic mass is 9.85. The highest BCUT2D eigenvalue weighted by atomic mass is 15.3. The van der Waals surface area contributed by atoms with Crippen molar-refractivity contribution in [2.45, 2.75) is 26.2 Å². The Morgan fingerprint density at radius 3 is 3.00 bits per heavy atom. The van der Waals surface area contributed by atoms with E-state index in [9.17, 15) is 0 Å².